The number of nitrogens with zero attached hydrogens (tertiary/aromatic N) is 1. The molecular weight excluding hydrogens is 236 g/mol. The number of nitro benzene ring substituents is 1. The quantitative estimate of drug-likeness (QED) is 0.351. The highest BCUT2D eigenvalue weighted by Gasteiger charge is 2.14. The SMILES string of the molecule is Cc1cc(NCCOC(C)O)c([N+](=O)[O-])cc1C. The van der Waals surface area contributed by atoms with Crippen molar-refractivity contribution in [1.29, 1.82) is 0 Å². The largest absolute Gasteiger partial charge is 0.377 e. The molecule has 0 fully saturated rings. The molecule has 1 unspecified atom stereocenters. The Hall–Kier alpha value is -1.66. The van der Waals surface area contributed by atoms with Crippen LogP contribution in [0.3, 0.4) is 0 Å². The topological polar surface area (TPSA) is 84.6 Å². The van der Waals surface area contributed by atoms with Crippen molar-refractivity contribution in [1.82, 2.24) is 0 Å². The molecule has 6 heteroatoms. The number of hydrogen-bond acceptors (Lipinski definition) is 5. The van der Waals surface area contributed by atoms with E-state index in [9.17, 15) is 10.1 Å². The molecule has 0 saturated carbocycles. The lowest BCUT2D eigenvalue weighted by atomic mass is 10.1. The second-order valence-electron chi connectivity index (χ2n) is 4.11. The molecule has 0 heterocycles. The van der Waals surface area contributed by atoms with Crippen LogP contribution in [0.1, 0.15) is 18.1 Å². The van der Waals surface area contributed by atoms with Gasteiger partial charge in [-0.2, -0.15) is 0 Å². The van der Waals surface area contributed by atoms with Crippen LogP contribution in [0.4, 0.5) is 11.4 Å². The number of hydrogen-bond donors (Lipinski definition) is 2. The van der Waals surface area contributed by atoms with Gasteiger partial charge in [0.1, 0.15) is 5.69 Å². The van der Waals surface area contributed by atoms with Gasteiger partial charge in [-0.25, -0.2) is 0 Å². The van der Waals surface area contributed by atoms with Crippen LogP contribution < -0.4 is 5.32 Å². The summed E-state index contributed by atoms with van der Waals surface area (Å²) in [6.07, 6.45) is -0.832. The molecule has 100 valence electrons. The minimum atomic E-state index is -0.832. The first-order valence-electron chi connectivity index (χ1n) is 5.71. The first-order chi connectivity index (χ1) is 8.41. The molecule has 1 rings (SSSR count). The third kappa shape index (κ3) is 3.97. The average Bonchev–Trinajstić information content (AvgIpc) is 2.28. The molecule has 0 radical (unpaired) electrons. The Bertz CT molecular complexity index is 432. The van der Waals surface area contributed by atoms with Crippen LogP contribution in [0, 0.1) is 24.0 Å². The molecule has 0 aliphatic carbocycles. The van der Waals surface area contributed by atoms with Crippen LogP contribution in [0.2, 0.25) is 0 Å². The zero-order valence-corrected chi connectivity index (χ0v) is 10.8. The molecule has 0 bridgehead atoms. The first kappa shape index (κ1) is 14.4. The molecule has 2 N–H and O–H groups in total. The average molecular weight is 254 g/mol. The number of benzene rings is 1. The number of nitrogens with one attached hydrogen (secondary N) is 1. The van der Waals surface area contributed by atoms with Crippen molar-refractivity contribution in [2.75, 3.05) is 18.5 Å². The second kappa shape index (κ2) is 6.32. The van der Waals surface area contributed by atoms with Crippen molar-refractivity contribution in [3.05, 3.63) is 33.4 Å². The maximum atomic E-state index is 10.9. The van der Waals surface area contributed by atoms with Crippen LogP contribution in [0.5, 0.6) is 0 Å². The van der Waals surface area contributed by atoms with Gasteiger partial charge in [-0.1, -0.05) is 0 Å². The van der Waals surface area contributed by atoms with E-state index in [0.29, 0.717) is 12.2 Å². The smallest absolute Gasteiger partial charge is 0.292 e. The molecule has 0 spiro atoms. The Labute approximate surface area is 106 Å². The maximum absolute atomic E-state index is 10.9. The summed E-state index contributed by atoms with van der Waals surface area (Å²) in [4.78, 5) is 10.5. The van der Waals surface area contributed by atoms with E-state index in [0.717, 1.165) is 11.1 Å². The molecule has 0 saturated heterocycles. The van der Waals surface area contributed by atoms with Crippen LogP contribution >= 0.6 is 0 Å². The third-order valence-corrected chi connectivity index (χ3v) is 2.59. The van der Waals surface area contributed by atoms with E-state index in [4.69, 9.17) is 9.84 Å². The number of ether oxygens (including phenoxy) is 1. The number of nitro groups is 1. The monoisotopic (exact) mass is 254 g/mol. The summed E-state index contributed by atoms with van der Waals surface area (Å²) >= 11 is 0. The molecule has 6 nitrogen and oxygen atoms in total. The lowest BCUT2D eigenvalue weighted by Crippen LogP contribution is -2.15. The Morgan fingerprint density at radius 3 is 2.61 bits per heavy atom. The van der Waals surface area contributed by atoms with Crippen molar-refractivity contribution < 1.29 is 14.8 Å². The number of aryl methyl sites for hydroxylation is 2. The fourth-order valence-electron chi connectivity index (χ4n) is 1.51. The molecule has 0 amide bonds. The highest BCUT2D eigenvalue weighted by Crippen LogP contribution is 2.27. The van der Waals surface area contributed by atoms with Gasteiger partial charge in [0.25, 0.3) is 5.69 Å². The Balaban J connectivity index is 2.74. The van der Waals surface area contributed by atoms with Crippen molar-refractivity contribution >= 4 is 11.4 Å². The van der Waals surface area contributed by atoms with E-state index >= 15 is 0 Å². The van der Waals surface area contributed by atoms with E-state index in [2.05, 4.69) is 5.32 Å². The van der Waals surface area contributed by atoms with Crippen LogP contribution in [0.15, 0.2) is 12.1 Å². The van der Waals surface area contributed by atoms with Gasteiger partial charge in [-0.15, -0.1) is 0 Å². The summed E-state index contributed by atoms with van der Waals surface area (Å²) in [6.45, 7) is 5.92. The highest BCUT2D eigenvalue weighted by molar-refractivity contribution is 5.64. The van der Waals surface area contributed by atoms with Crippen LogP contribution in [0.25, 0.3) is 0 Å². The van der Waals surface area contributed by atoms with Gasteiger partial charge in [0.05, 0.1) is 11.5 Å². The number of anilines is 1. The van der Waals surface area contributed by atoms with E-state index in [-0.39, 0.29) is 12.3 Å². The minimum absolute atomic E-state index is 0.0511. The fraction of sp³-hybridized carbons (Fsp3) is 0.500. The first-order valence-corrected chi connectivity index (χ1v) is 5.71. The lowest BCUT2D eigenvalue weighted by molar-refractivity contribution is -0.384. The Kier molecular flexibility index (Phi) is 5.06. The van der Waals surface area contributed by atoms with Gasteiger partial charge in [-0.05, 0) is 38.0 Å². The summed E-state index contributed by atoms with van der Waals surface area (Å²) in [5.41, 5.74) is 2.39. The molecule has 1 aromatic carbocycles. The number of rotatable bonds is 6. The van der Waals surface area contributed by atoms with E-state index in [1.807, 2.05) is 13.8 Å². The predicted molar refractivity (Wildman–Crippen MR) is 68.7 cm³/mol. The molecule has 0 aromatic heterocycles. The zero-order chi connectivity index (χ0) is 13.7. The Morgan fingerprint density at radius 2 is 2.06 bits per heavy atom. The van der Waals surface area contributed by atoms with Gasteiger partial charge < -0.3 is 15.2 Å². The molecular formula is C12H18N2O4. The molecule has 0 aliphatic heterocycles. The molecule has 0 aliphatic rings. The fourth-order valence-corrected chi connectivity index (χ4v) is 1.51. The highest BCUT2D eigenvalue weighted by atomic mass is 16.6. The standard InChI is InChI=1S/C12H18N2O4/c1-8-6-11(13-4-5-18-10(3)15)12(14(16)17)7-9(8)2/h6-7,10,13,15H,4-5H2,1-3H3. The van der Waals surface area contributed by atoms with Crippen molar-refractivity contribution in [2.24, 2.45) is 0 Å². The van der Waals surface area contributed by atoms with Crippen molar-refractivity contribution in [3.8, 4) is 0 Å². The summed E-state index contributed by atoms with van der Waals surface area (Å²) in [5.74, 6) is 0. The van der Waals surface area contributed by atoms with E-state index in [1.54, 1.807) is 12.1 Å². The summed E-state index contributed by atoms with van der Waals surface area (Å²) in [5, 5.41) is 22.8. The maximum Gasteiger partial charge on any atom is 0.292 e. The van der Waals surface area contributed by atoms with Gasteiger partial charge in [0, 0.05) is 12.6 Å². The van der Waals surface area contributed by atoms with Crippen LogP contribution in [-0.2, 0) is 4.74 Å². The summed E-state index contributed by atoms with van der Waals surface area (Å²) < 4.78 is 4.94. The molecule has 1 aromatic rings. The number of aliphatic hydroxyl groups excluding tert-OH is 1. The lowest BCUT2D eigenvalue weighted by Gasteiger charge is -2.11. The Morgan fingerprint density at radius 1 is 1.44 bits per heavy atom. The van der Waals surface area contributed by atoms with Crippen molar-refractivity contribution in [3.63, 3.8) is 0 Å². The van der Waals surface area contributed by atoms with Gasteiger partial charge in [0.2, 0.25) is 0 Å². The molecule has 1 atom stereocenters. The van der Waals surface area contributed by atoms with E-state index in [1.165, 1.54) is 6.92 Å². The summed E-state index contributed by atoms with van der Waals surface area (Å²) in [7, 11) is 0. The van der Waals surface area contributed by atoms with Gasteiger partial charge >= 0.3 is 0 Å². The minimum Gasteiger partial charge on any atom is -0.377 e. The van der Waals surface area contributed by atoms with E-state index < -0.39 is 11.2 Å². The summed E-state index contributed by atoms with van der Waals surface area (Å²) in [6, 6.07) is 3.29. The molecule has 18 heavy (non-hydrogen) atoms. The van der Waals surface area contributed by atoms with Crippen LogP contribution in [-0.4, -0.2) is 29.5 Å². The van der Waals surface area contributed by atoms with Gasteiger partial charge in [0.15, 0.2) is 6.29 Å². The number of aliphatic hydroxyl groups is 1. The third-order valence-electron chi connectivity index (χ3n) is 2.59. The van der Waals surface area contributed by atoms with Crippen molar-refractivity contribution in [2.45, 2.75) is 27.1 Å². The zero-order valence-electron chi connectivity index (χ0n) is 10.8. The van der Waals surface area contributed by atoms with Gasteiger partial charge in [-0.3, -0.25) is 10.1 Å². The predicted octanol–water partition coefficient (Wildman–Crippen LogP) is 1.98. The normalized spacial score (nSPS) is 12.2. The second-order valence-corrected chi connectivity index (χ2v) is 4.11.